The first-order valence-electron chi connectivity index (χ1n) is 13.6. The van der Waals surface area contributed by atoms with Gasteiger partial charge in [0.05, 0.1) is 19.2 Å². The first kappa shape index (κ1) is 26.0. The van der Waals surface area contributed by atoms with Gasteiger partial charge in [-0.05, 0) is 56.5 Å². The highest BCUT2D eigenvalue weighted by atomic mass is 35.5. The molecule has 2 aromatic heterocycles. The maximum Gasteiger partial charge on any atom is 0.182 e. The van der Waals surface area contributed by atoms with E-state index in [0.29, 0.717) is 46.2 Å². The second kappa shape index (κ2) is 10.8. The van der Waals surface area contributed by atoms with Crippen LogP contribution in [-0.4, -0.2) is 57.1 Å². The van der Waals surface area contributed by atoms with E-state index < -0.39 is 11.9 Å². The molecular formula is C29H28Cl2FN5O3. The zero-order valence-electron chi connectivity index (χ0n) is 21.7. The smallest absolute Gasteiger partial charge is 0.182 e. The van der Waals surface area contributed by atoms with E-state index in [2.05, 4.69) is 25.7 Å². The third kappa shape index (κ3) is 5.00. The number of likely N-dealkylation sites (tertiary alicyclic amines) is 1. The second-order valence-corrected chi connectivity index (χ2v) is 11.4. The summed E-state index contributed by atoms with van der Waals surface area (Å²) in [6.45, 7) is 4.26. The van der Waals surface area contributed by atoms with Crippen LogP contribution in [0.15, 0.2) is 42.5 Å². The maximum atomic E-state index is 14.6. The summed E-state index contributed by atoms with van der Waals surface area (Å²) in [6.07, 6.45) is 2.59. The third-order valence-electron chi connectivity index (χ3n) is 8.08. The van der Waals surface area contributed by atoms with Gasteiger partial charge < -0.3 is 18.8 Å². The van der Waals surface area contributed by atoms with Gasteiger partial charge in [-0.25, -0.2) is 9.37 Å². The van der Waals surface area contributed by atoms with Crippen molar-refractivity contribution in [1.82, 2.24) is 24.6 Å². The molecule has 1 unspecified atom stereocenters. The molecule has 208 valence electrons. The van der Waals surface area contributed by atoms with E-state index in [1.165, 1.54) is 6.07 Å². The molecule has 3 aliphatic heterocycles. The van der Waals surface area contributed by atoms with Gasteiger partial charge in [0.1, 0.15) is 23.8 Å². The number of para-hydroxylation sites is 1. The monoisotopic (exact) mass is 583 g/mol. The van der Waals surface area contributed by atoms with Crippen molar-refractivity contribution in [1.29, 1.82) is 0 Å². The lowest BCUT2D eigenvalue weighted by Crippen LogP contribution is -2.35. The summed E-state index contributed by atoms with van der Waals surface area (Å²) >= 11 is 12.1. The topological polar surface area (TPSA) is 74.5 Å². The molecule has 0 aliphatic carbocycles. The van der Waals surface area contributed by atoms with E-state index in [1.54, 1.807) is 18.2 Å². The molecule has 0 spiro atoms. The summed E-state index contributed by atoms with van der Waals surface area (Å²) in [5.74, 6) is 2.28. The predicted octanol–water partition coefficient (Wildman–Crippen LogP) is 5.95. The summed E-state index contributed by atoms with van der Waals surface area (Å²) in [5.41, 5.74) is 3.05. The van der Waals surface area contributed by atoms with Gasteiger partial charge in [-0.15, -0.1) is 10.2 Å². The molecule has 11 heteroatoms. The molecule has 0 N–H and O–H groups in total. The Morgan fingerprint density at radius 2 is 1.85 bits per heavy atom. The zero-order chi connectivity index (χ0) is 27.2. The molecule has 7 rings (SSSR count). The second-order valence-electron chi connectivity index (χ2n) is 10.6. The standard InChI is InChI=1S/C29H28Cl2FN5O3/c30-18-4-5-21(22(32)12-18)25-16-39-24-3-1-2-20(28(24)40-25)17-6-9-36(10-7-17)15-27-33-23-13-26(31)34-35-29(23)37(27)14-19-8-11-38-19/h1-5,12-13,17,19,25H,6-11,14-16H2/t19-,25?/m0/s1. The summed E-state index contributed by atoms with van der Waals surface area (Å²) in [4.78, 5) is 7.29. The minimum atomic E-state index is -0.532. The predicted molar refractivity (Wildman–Crippen MR) is 149 cm³/mol. The van der Waals surface area contributed by atoms with Crippen molar-refractivity contribution in [2.24, 2.45) is 0 Å². The van der Waals surface area contributed by atoms with Crippen LogP contribution in [0.2, 0.25) is 10.2 Å². The third-order valence-corrected chi connectivity index (χ3v) is 8.50. The molecule has 3 aliphatic rings. The van der Waals surface area contributed by atoms with Gasteiger partial charge in [-0.3, -0.25) is 4.90 Å². The fourth-order valence-electron chi connectivity index (χ4n) is 5.85. The Morgan fingerprint density at radius 3 is 2.62 bits per heavy atom. The van der Waals surface area contributed by atoms with Crippen molar-refractivity contribution < 1.29 is 18.6 Å². The molecule has 0 radical (unpaired) electrons. The van der Waals surface area contributed by atoms with Crippen molar-refractivity contribution in [3.63, 3.8) is 0 Å². The first-order valence-corrected chi connectivity index (χ1v) is 14.4. The first-order chi connectivity index (χ1) is 19.5. The largest absolute Gasteiger partial charge is 0.485 e. The quantitative estimate of drug-likeness (QED) is 0.277. The van der Waals surface area contributed by atoms with Crippen LogP contribution < -0.4 is 9.47 Å². The lowest BCUT2D eigenvalue weighted by Gasteiger charge is -2.35. The highest BCUT2D eigenvalue weighted by molar-refractivity contribution is 6.30. The number of halogens is 3. The van der Waals surface area contributed by atoms with Crippen LogP contribution in [0.4, 0.5) is 4.39 Å². The highest BCUT2D eigenvalue weighted by Crippen LogP contribution is 2.45. The molecule has 4 aromatic rings. The normalized spacial score (nSPS) is 21.5. The van der Waals surface area contributed by atoms with Gasteiger partial charge >= 0.3 is 0 Å². The van der Waals surface area contributed by atoms with Crippen LogP contribution in [0.3, 0.4) is 0 Å². The number of hydrogen-bond donors (Lipinski definition) is 0. The van der Waals surface area contributed by atoms with E-state index in [0.717, 1.165) is 61.5 Å². The van der Waals surface area contributed by atoms with E-state index in [-0.39, 0.29) is 12.7 Å². The van der Waals surface area contributed by atoms with Crippen molar-refractivity contribution in [3.8, 4) is 11.5 Å². The fourth-order valence-corrected chi connectivity index (χ4v) is 6.15. The zero-order valence-corrected chi connectivity index (χ0v) is 23.2. The number of hydrogen-bond acceptors (Lipinski definition) is 7. The van der Waals surface area contributed by atoms with E-state index in [9.17, 15) is 4.39 Å². The van der Waals surface area contributed by atoms with E-state index >= 15 is 0 Å². The van der Waals surface area contributed by atoms with E-state index in [4.69, 9.17) is 42.4 Å². The molecule has 2 fully saturated rings. The van der Waals surface area contributed by atoms with Crippen molar-refractivity contribution in [2.45, 2.75) is 50.5 Å². The Labute approximate surface area is 241 Å². The Balaban J connectivity index is 1.07. The molecule has 40 heavy (non-hydrogen) atoms. The number of piperidine rings is 1. The number of nitrogens with zero attached hydrogens (tertiary/aromatic N) is 5. The Bertz CT molecular complexity index is 1550. The summed E-state index contributed by atoms with van der Waals surface area (Å²) in [6, 6.07) is 12.4. The fraction of sp³-hybridized carbons (Fsp3) is 0.414. The molecule has 2 atom stereocenters. The maximum absolute atomic E-state index is 14.6. The average molecular weight is 584 g/mol. The van der Waals surface area contributed by atoms with Crippen LogP contribution in [0.1, 0.15) is 48.2 Å². The Hall–Kier alpha value is -2.98. The van der Waals surface area contributed by atoms with Crippen molar-refractivity contribution in [3.05, 3.63) is 75.4 Å². The van der Waals surface area contributed by atoms with Crippen LogP contribution >= 0.6 is 23.2 Å². The number of imidazole rings is 1. The molecule has 2 aromatic carbocycles. The van der Waals surface area contributed by atoms with Crippen molar-refractivity contribution in [2.75, 3.05) is 26.3 Å². The van der Waals surface area contributed by atoms with Gasteiger partial charge in [0.15, 0.2) is 28.4 Å². The lowest BCUT2D eigenvalue weighted by atomic mass is 9.88. The lowest BCUT2D eigenvalue weighted by molar-refractivity contribution is -0.0593. The van der Waals surface area contributed by atoms with Crippen LogP contribution in [0, 0.1) is 5.82 Å². The highest BCUT2D eigenvalue weighted by Gasteiger charge is 2.31. The van der Waals surface area contributed by atoms with Gasteiger partial charge in [0.2, 0.25) is 0 Å². The van der Waals surface area contributed by atoms with Crippen molar-refractivity contribution >= 4 is 34.4 Å². The van der Waals surface area contributed by atoms with Gasteiger partial charge in [-0.2, -0.15) is 0 Å². The summed E-state index contributed by atoms with van der Waals surface area (Å²) in [5, 5.41) is 9.06. The Kier molecular flexibility index (Phi) is 6.99. The summed E-state index contributed by atoms with van der Waals surface area (Å²) in [7, 11) is 0. The minimum Gasteiger partial charge on any atom is -0.485 e. The molecule has 0 saturated carbocycles. The number of rotatable bonds is 6. The molecule has 0 bridgehead atoms. The molecule has 0 amide bonds. The van der Waals surface area contributed by atoms with E-state index in [1.807, 2.05) is 12.1 Å². The van der Waals surface area contributed by atoms with Crippen LogP contribution in [0.5, 0.6) is 11.5 Å². The molecule has 5 heterocycles. The number of benzene rings is 2. The van der Waals surface area contributed by atoms with Gasteiger partial charge in [-0.1, -0.05) is 41.4 Å². The Morgan fingerprint density at radius 1 is 1.00 bits per heavy atom. The SMILES string of the molecule is Fc1cc(Cl)ccc1C1COc2cccc(C3CCN(Cc4nc5cc(Cl)nnc5n4C[C@@H]4CCO4)CC3)c2O1. The summed E-state index contributed by atoms with van der Waals surface area (Å²) < 4.78 is 34.9. The molecular weight excluding hydrogens is 556 g/mol. The molecule has 8 nitrogen and oxygen atoms in total. The number of ether oxygens (including phenoxy) is 3. The van der Waals surface area contributed by atoms with Gasteiger partial charge in [0, 0.05) is 28.8 Å². The average Bonchev–Trinajstić information content (AvgIpc) is 3.26. The number of aromatic nitrogens is 4. The van der Waals surface area contributed by atoms with Gasteiger partial charge in [0.25, 0.3) is 0 Å². The minimum absolute atomic E-state index is 0.177. The number of fused-ring (bicyclic) bond motifs is 2. The molecule has 2 saturated heterocycles. The van der Waals surface area contributed by atoms with Crippen LogP contribution in [0.25, 0.3) is 11.2 Å². The van der Waals surface area contributed by atoms with Crippen LogP contribution in [-0.2, 0) is 17.8 Å².